The van der Waals surface area contributed by atoms with E-state index in [1.165, 1.54) is 5.56 Å². The summed E-state index contributed by atoms with van der Waals surface area (Å²) in [6, 6.07) is 5.87. The number of hydrogen-bond donors (Lipinski definition) is 0. The quantitative estimate of drug-likeness (QED) is 0.518. The zero-order chi connectivity index (χ0) is 19.3. The molecule has 1 amide bonds. The molecule has 4 heteroatoms. The van der Waals surface area contributed by atoms with Crippen molar-refractivity contribution in [2.75, 3.05) is 6.54 Å². The molecule has 26 heavy (non-hydrogen) atoms. The van der Waals surface area contributed by atoms with E-state index < -0.39 is 0 Å². The second-order valence-corrected chi connectivity index (χ2v) is 7.90. The van der Waals surface area contributed by atoms with Crippen LogP contribution < -0.4 is 0 Å². The molecule has 4 nitrogen and oxygen atoms in total. The maximum absolute atomic E-state index is 12.4. The van der Waals surface area contributed by atoms with Gasteiger partial charge in [-0.05, 0) is 36.5 Å². The van der Waals surface area contributed by atoms with Gasteiger partial charge in [-0.1, -0.05) is 39.8 Å². The Kier molecular flexibility index (Phi) is 7.13. The molecule has 0 saturated heterocycles. The van der Waals surface area contributed by atoms with Crippen LogP contribution in [-0.4, -0.2) is 28.9 Å². The van der Waals surface area contributed by atoms with Crippen molar-refractivity contribution in [2.24, 2.45) is 11.8 Å². The van der Waals surface area contributed by atoms with E-state index >= 15 is 0 Å². The number of carbonyl (C=O) groups excluding carboxylic acids is 3. The van der Waals surface area contributed by atoms with Crippen LogP contribution in [0.5, 0.6) is 0 Å². The topological polar surface area (TPSA) is 54.5 Å². The largest absolute Gasteiger partial charge is 0.338 e. The third-order valence-electron chi connectivity index (χ3n) is 5.09. The number of ketones is 2. The Labute approximate surface area is 157 Å². The molecular formula is C22H31NO3. The summed E-state index contributed by atoms with van der Waals surface area (Å²) in [7, 11) is 0. The van der Waals surface area contributed by atoms with Gasteiger partial charge in [-0.15, -0.1) is 0 Å². The first-order chi connectivity index (χ1) is 12.3. The zero-order valence-corrected chi connectivity index (χ0v) is 16.5. The van der Waals surface area contributed by atoms with E-state index in [-0.39, 0.29) is 29.3 Å². The molecule has 0 saturated carbocycles. The maximum Gasteiger partial charge on any atom is 0.222 e. The number of Topliss-reactive ketones (excluding diaryl/α,β-unsaturated/α-hetero) is 2. The van der Waals surface area contributed by atoms with Crippen LogP contribution in [-0.2, 0) is 22.6 Å². The van der Waals surface area contributed by atoms with Gasteiger partial charge in [0.2, 0.25) is 5.91 Å². The van der Waals surface area contributed by atoms with Gasteiger partial charge in [0.15, 0.2) is 5.78 Å². The van der Waals surface area contributed by atoms with Gasteiger partial charge < -0.3 is 4.90 Å². The summed E-state index contributed by atoms with van der Waals surface area (Å²) in [5.74, 6) is 0.683. The van der Waals surface area contributed by atoms with Crippen molar-refractivity contribution in [1.29, 1.82) is 0 Å². The third kappa shape index (κ3) is 5.26. The van der Waals surface area contributed by atoms with Crippen molar-refractivity contribution in [3.05, 3.63) is 34.9 Å². The van der Waals surface area contributed by atoms with Crippen molar-refractivity contribution >= 4 is 17.5 Å². The van der Waals surface area contributed by atoms with Crippen LogP contribution in [0.4, 0.5) is 0 Å². The standard InChI is InChI=1S/C22H31NO3/c1-15(2)20(24)7-5-6-8-21(25)23-12-11-17-13-18(22(26)16(3)4)9-10-19(17)14-23/h9-10,13,15-16H,5-8,11-12,14H2,1-4H3. The first-order valence-corrected chi connectivity index (χ1v) is 9.76. The first-order valence-electron chi connectivity index (χ1n) is 9.76. The zero-order valence-electron chi connectivity index (χ0n) is 16.5. The normalized spacial score (nSPS) is 13.8. The minimum Gasteiger partial charge on any atom is -0.338 e. The highest BCUT2D eigenvalue weighted by atomic mass is 16.2. The predicted molar refractivity (Wildman–Crippen MR) is 103 cm³/mol. The maximum atomic E-state index is 12.4. The van der Waals surface area contributed by atoms with Crippen LogP contribution in [0.2, 0.25) is 0 Å². The lowest BCUT2D eigenvalue weighted by molar-refractivity contribution is -0.132. The molecule has 0 spiro atoms. The van der Waals surface area contributed by atoms with Crippen molar-refractivity contribution in [1.82, 2.24) is 4.90 Å². The van der Waals surface area contributed by atoms with Crippen LogP contribution >= 0.6 is 0 Å². The van der Waals surface area contributed by atoms with Gasteiger partial charge in [-0.3, -0.25) is 14.4 Å². The number of nitrogens with zero attached hydrogens (tertiary/aromatic N) is 1. The average Bonchev–Trinajstić information content (AvgIpc) is 2.63. The molecule has 0 fully saturated rings. The lowest BCUT2D eigenvalue weighted by Gasteiger charge is -2.29. The molecule has 0 unspecified atom stereocenters. The van der Waals surface area contributed by atoms with Crippen molar-refractivity contribution in [3.63, 3.8) is 0 Å². The Hall–Kier alpha value is -1.97. The minimum absolute atomic E-state index is 0.00251. The van der Waals surface area contributed by atoms with E-state index in [1.807, 2.05) is 50.8 Å². The van der Waals surface area contributed by atoms with Gasteiger partial charge in [0.1, 0.15) is 5.78 Å². The van der Waals surface area contributed by atoms with E-state index in [9.17, 15) is 14.4 Å². The summed E-state index contributed by atoms with van der Waals surface area (Å²) in [5.41, 5.74) is 3.09. The van der Waals surface area contributed by atoms with Crippen LogP contribution in [0.25, 0.3) is 0 Å². The highest BCUT2D eigenvalue weighted by molar-refractivity contribution is 5.97. The second kappa shape index (κ2) is 9.11. The van der Waals surface area contributed by atoms with E-state index in [0.717, 1.165) is 30.4 Å². The van der Waals surface area contributed by atoms with Gasteiger partial charge in [0.25, 0.3) is 0 Å². The lowest BCUT2D eigenvalue weighted by atomic mass is 9.93. The molecule has 0 bridgehead atoms. The number of hydrogen-bond acceptors (Lipinski definition) is 3. The fourth-order valence-corrected chi connectivity index (χ4v) is 3.27. The van der Waals surface area contributed by atoms with Gasteiger partial charge in [-0.2, -0.15) is 0 Å². The van der Waals surface area contributed by atoms with E-state index in [2.05, 4.69) is 0 Å². The molecule has 2 rings (SSSR count). The number of benzene rings is 1. The smallest absolute Gasteiger partial charge is 0.222 e. The van der Waals surface area contributed by atoms with Crippen molar-refractivity contribution in [3.8, 4) is 0 Å². The Morgan fingerprint density at radius 2 is 1.65 bits per heavy atom. The summed E-state index contributed by atoms with van der Waals surface area (Å²) in [6.45, 7) is 8.98. The number of carbonyl (C=O) groups is 3. The molecule has 1 aliphatic heterocycles. The molecule has 142 valence electrons. The summed E-state index contributed by atoms with van der Waals surface area (Å²) >= 11 is 0. The number of amides is 1. The molecule has 0 aliphatic carbocycles. The highest BCUT2D eigenvalue weighted by Crippen LogP contribution is 2.22. The van der Waals surface area contributed by atoms with Gasteiger partial charge in [-0.25, -0.2) is 0 Å². The Morgan fingerprint density at radius 1 is 0.962 bits per heavy atom. The van der Waals surface area contributed by atoms with Crippen LogP contribution in [0, 0.1) is 11.8 Å². The molecule has 0 atom stereocenters. The lowest BCUT2D eigenvalue weighted by Crippen LogP contribution is -2.36. The third-order valence-corrected chi connectivity index (χ3v) is 5.09. The second-order valence-electron chi connectivity index (χ2n) is 7.90. The Balaban J connectivity index is 1.86. The molecule has 0 aromatic heterocycles. The molecule has 0 N–H and O–H groups in total. The van der Waals surface area contributed by atoms with Crippen molar-refractivity contribution in [2.45, 2.75) is 66.3 Å². The van der Waals surface area contributed by atoms with E-state index in [0.29, 0.717) is 25.9 Å². The molecule has 1 heterocycles. The molecule has 1 aliphatic rings. The summed E-state index contributed by atoms with van der Waals surface area (Å²) in [6.07, 6.45) is 3.42. The van der Waals surface area contributed by atoms with Gasteiger partial charge in [0.05, 0.1) is 0 Å². The fourth-order valence-electron chi connectivity index (χ4n) is 3.27. The Morgan fingerprint density at radius 3 is 2.31 bits per heavy atom. The minimum atomic E-state index is -0.00251. The van der Waals surface area contributed by atoms with Crippen LogP contribution in [0.1, 0.15) is 74.9 Å². The predicted octanol–water partition coefficient (Wildman–Crippen LogP) is 4.20. The summed E-state index contributed by atoms with van der Waals surface area (Å²) in [5, 5.41) is 0. The van der Waals surface area contributed by atoms with E-state index in [4.69, 9.17) is 0 Å². The summed E-state index contributed by atoms with van der Waals surface area (Å²) in [4.78, 5) is 38.1. The van der Waals surface area contributed by atoms with Crippen LogP contribution in [0.15, 0.2) is 18.2 Å². The number of unbranched alkanes of at least 4 members (excludes halogenated alkanes) is 1. The van der Waals surface area contributed by atoms with Crippen LogP contribution in [0.3, 0.4) is 0 Å². The molecular weight excluding hydrogens is 326 g/mol. The van der Waals surface area contributed by atoms with Gasteiger partial charge in [0, 0.05) is 43.3 Å². The average molecular weight is 357 g/mol. The number of fused-ring (bicyclic) bond motifs is 1. The first kappa shape index (κ1) is 20.3. The van der Waals surface area contributed by atoms with E-state index in [1.54, 1.807) is 0 Å². The van der Waals surface area contributed by atoms with Gasteiger partial charge >= 0.3 is 0 Å². The molecule has 1 aromatic rings. The molecule has 0 radical (unpaired) electrons. The molecule has 1 aromatic carbocycles. The highest BCUT2D eigenvalue weighted by Gasteiger charge is 2.22. The number of rotatable bonds is 8. The Bertz CT molecular complexity index is 676. The summed E-state index contributed by atoms with van der Waals surface area (Å²) < 4.78 is 0. The monoisotopic (exact) mass is 357 g/mol. The van der Waals surface area contributed by atoms with Crippen molar-refractivity contribution < 1.29 is 14.4 Å². The SMILES string of the molecule is CC(C)C(=O)CCCCC(=O)N1CCc2cc(C(=O)C(C)C)ccc2C1. The fraction of sp³-hybridized carbons (Fsp3) is 0.591.